The zero-order valence-corrected chi connectivity index (χ0v) is 12.7. The van der Waals surface area contributed by atoms with Gasteiger partial charge in [0.2, 0.25) is 15.9 Å². The number of carbonyl (C=O) groups excluding carboxylic acids is 1. The number of sulfonamides is 1. The summed E-state index contributed by atoms with van der Waals surface area (Å²) in [6, 6.07) is 8.34. The molecule has 1 aromatic carbocycles. The first-order chi connectivity index (χ1) is 9.89. The van der Waals surface area contributed by atoms with Crippen LogP contribution >= 0.6 is 0 Å². The molecule has 116 valence electrons. The van der Waals surface area contributed by atoms with E-state index in [2.05, 4.69) is 5.32 Å². The molecule has 1 saturated heterocycles. The highest BCUT2D eigenvalue weighted by molar-refractivity contribution is 7.88. The van der Waals surface area contributed by atoms with Gasteiger partial charge < -0.3 is 10.4 Å². The van der Waals surface area contributed by atoms with Crippen molar-refractivity contribution in [3.8, 4) is 0 Å². The average molecular weight is 312 g/mol. The standard InChI is InChI=1S/C14H20N2O4S/c1-21(19,20)16-9-5-8-12(16)14(18)15-10-13(17)11-6-3-2-4-7-11/h2-4,6-7,12-13,17H,5,8-10H2,1H3,(H,15,18). The van der Waals surface area contributed by atoms with Crippen molar-refractivity contribution in [2.75, 3.05) is 19.3 Å². The van der Waals surface area contributed by atoms with Crippen LogP contribution in [0.5, 0.6) is 0 Å². The number of carbonyl (C=O) groups is 1. The number of rotatable bonds is 5. The van der Waals surface area contributed by atoms with E-state index in [1.54, 1.807) is 12.1 Å². The Morgan fingerprint density at radius 3 is 2.71 bits per heavy atom. The van der Waals surface area contributed by atoms with Crippen LogP contribution in [0.1, 0.15) is 24.5 Å². The Hall–Kier alpha value is -1.44. The molecule has 1 fully saturated rings. The Bertz CT molecular complexity index is 588. The van der Waals surface area contributed by atoms with Crippen LogP contribution in [-0.4, -0.2) is 49.1 Å². The maximum absolute atomic E-state index is 12.1. The normalized spacial score (nSPS) is 21.1. The maximum atomic E-state index is 12.1. The highest BCUT2D eigenvalue weighted by Gasteiger charge is 2.36. The zero-order valence-electron chi connectivity index (χ0n) is 11.9. The zero-order chi connectivity index (χ0) is 15.5. The summed E-state index contributed by atoms with van der Waals surface area (Å²) < 4.78 is 24.4. The van der Waals surface area contributed by atoms with Gasteiger partial charge in [0.1, 0.15) is 6.04 Å². The van der Waals surface area contributed by atoms with Crippen LogP contribution in [-0.2, 0) is 14.8 Å². The quantitative estimate of drug-likeness (QED) is 0.816. The van der Waals surface area contributed by atoms with Crippen LogP contribution < -0.4 is 5.32 Å². The molecule has 2 rings (SSSR count). The van der Waals surface area contributed by atoms with E-state index in [9.17, 15) is 18.3 Å². The Labute approximate surface area is 124 Å². The summed E-state index contributed by atoms with van der Waals surface area (Å²) in [6.07, 6.45) is 1.49. The molecule has 6 nitrogen and oxygen atoms in total. The largest absolute Gasteiger partial charge is 0.387 e. The predicted molar refractivity (Wildman–Crippen MR) is 79.0 cm³/mol. The van der Waals surface area contributed by atoms with Crippen molar-refractivity contribution in [2.45, 2.75) is 25.0 Å². The van der Waals surface area contributed by atoms with Crippen LogP contribution in [0.3, 0.4) is 0 Å². The number of amides is 1. The van der Waals surface area contributed by atoms with Gasteiger partial charge in [-0.25, -0.2) is 8.42 Å². The first-order valence-corrected chi connectivity index (χ1v) is 8.72. The summed E-state index contributed by atoms with van der Waals surface area (Å²) in [5, 5.41) is 12.6. The highest BCUT2D eigenvalue weighted by atomic mass is 32.2. The number of hydrogen-bond donors (Lipinski definition) is 2. The molecule has 0 aliphatic carbocycles. The molecule has 7 heteroatoms. The third kappa shape index (κ3) is 4.03. The molecule has 1 aliphatic heterocycles. The van der Waals surface area contributed by atoms with Crippen LogP contribution in [0.2, 0.25) is 0 Å². The van der Waals surface area contributed by atoms with Crippen molar-refractivity contribution in [3.63, 3.8) is 0 Å². The molecule has 1 amide bonds. The molecule has 0 spiro atoms. The SMILES string of the molecule is CS(=O)(=O)N1CCCC1C(=O)NCC(O)c1ccccc1. The molecule has 21 heavy (non-hydrogen) atoms. The predicted octanol–water partition coefficient (Wildman–Crippen LogP) is 0.260. The third-order valence-corrected chi connectivity index (χ3v) is 4.88. The van der Waals surface area contributed by atoms with Crippen molar-refractivity contribution >= 4 is 15.9 Å². The number of aliphatic hydroxyl groups excluding tert-OH is 1. The minimum absolute atomic E-state index is 0.0664. The molecule has 0 aromatic heterocycles. The summed E-state index contributed by atoms with van der Waals surface area (Å²) in [5.74, 6) is -0.354. The minimum atomic E-state index is -3.38. The molecule has 2 atom stereocenters. The number of nitrogens with zero attached hydrogens (tertiary/aromatic N) is 1. The molecular formula is C14H20N2O4S. The van der Waals surface area contributed by atoms with E-state index in [0.29, 0.717) is 24.9 Å². The van der Waals surface area contributed by atoms with Gasteiger partial charge in [-0.15, -0.1) is 0 Å². The van der Waals surface area contributed by atoms with E-state index in [-0.39, 0.29) is 12.5 Å². The van der Waals surface area contributed by atoms with Gasteiger partial charge in [0, 0.05) is 13.1 Å². The Morgan fingerprint density at radius 1 is 1.43 bits per heavy atom. The second-order valence-electron chi connectivity index (χ2n) is 5.20. The molecule has 1 heterocycles. The lowest BCUT2D eigenvalue weighted by Crippen LogP contribution is -2.46. The lowest BCUT2D eigenvalue weighted by Gasteiger charge is -2.22. The van der Waals surface area contributed by atoms with Gasteiger partial charge >= 0.3 is 0 Å². The van der Waals surface area contributed by atoms with Gasteiger partial charge in [0.05, 0.1) is 12.4 Å². The molecular weight excluding hydrogens is 292 g/mol. The molecule has 0 bridgehead atoms. The van der Waals surface area contributed by atoms with E-state index in [1.807, 2.05) is 18.2 Å². The van der Waals surface area contributed by atoms with Crippen LogP contribution in [0, 0.1) is 0 Å². The Balaban J connectivity index is 1.93. The van der Waals surface area contributed by atoms with Crippen molar-refractivity contribution in [2.24, 2.45) is 0 Å². The molecule has 2 N–H and O–H groups in total. The molecule has 2 unspecified atom stereocenters. The number of hydrogen-bond acceptors (Lipinski definition) is 4. The van der Waals surface area contributed by atoms with Crippen LogP contribution in [0.25, 0.3) is 0 Å². The first-order valence-electron chi connectivity index (χ1n) is 6.87. The van der Waals surface area contributed by atoms with Crippen molar-refractivity contribution in [1.29, 1.82) is 0 Å². The number of nitrogens with one attached hydrogen (secondary N) is 1. The van der Waals surface area contributed by atoms with Crippen LogP contribution in [0.4, 0.5) is 0 Å². The average Bonchev–Trinajstić information content (AvgIpc) is 2.95. The fourth-order valence-electron chi connectivity index (χ4n) is 2.51. The van der Waals surface area contributed by atoms with Gasteiger partial charge in [-0.2, -0.15) is 4.31 Å². The fourth-order valence-corrected chi connectivity index (χ4v) is 3.63. The summed E-state index contributed by atoms with van der Waals surface area (Å²) in [6.45, 7) is 0.440. The van der Waals surface area contributed by atoms with E-state index < -0.39 is 22.2 Å². The Kier molecular flexibility index (Phi) is 4.97. The molecule has 1 aromatic rings. The summed E-state index contributed by atoms with van der Waals surface area (Å²) in [5.41, 5.74) is 0.712. The minimum Gasteiger partial charge on any atom is -0.387 e. The topological polar surface area (TPSA) is 86.7 Å². The maximum Gasteiger partial charge on any atom is 0.238 e. The van der Waals surface area contributed by atoms with Gasteiger partial charge in [0.25, 0.3) is 0 Å². The number of benzene rings is 1. The summed E-state index contributed by atoms with van der Waals surface area (Å²) >= 11 is 0. The molecule has 1 aliphatic rings. The van der Waals surface area contributed by atoms with Crippen molar-refractivity contribution in [1.82, 2.24) is 9.62 Å². The molecule has 0 saturated carbocycles. The lowest BCUT2D eigenvalue weighted by molar-refractivity contribution is -0.124. The summed E-state index contributed by atoms with van der Waals surface area (Å²) in [4.78, 5) is 12.1. The van der Waals surface area contributed by atoms with Crippen molar-refractivity contribution in [3.05, 3.63) is 35.9 Å². The third-order valence-electron chi connectivity index (χ3n) is 3.59. The van der Waals surface area contributed by atoms with E-state index in [0.717, 1.165) is 6.26 Å². The second kappa shape index (κ2) is 6.55. The molecule has 0 radical (unpaired) electrons. The highest BCUT2D eigenvalue weighted by Crippen LogP contribution is 2.20. The van der Waals surface area contributed by atoms with Gasteiger partial charge in [-0.1, -0.05) is 30.3 Å². The number of aliphatic hydroxyl groups is 1. The fraction of sp³-hybridized carbons (Fsp3) is 0.500. The van der Waals surface area contributed by atoms with Gasteiger partial charge in [-0.3, -0.25) is 4.79 Å². The van der Waals surface area contributed by atoms with E-state index in [4.69, 9.17) is 0 Å². The van der Waals surface area contributed by atoms with Gasteiger partial charge in [0.15, 0.2) is 0 Å². The first kappa shape index (κ1) is 15.9. The van der Waals surface area contributed by atoms with Crippen LogP contribution in [0.15, 0.2) is 30.3 Å². The van der Waals surface area contributed by atoms with E-state index >= 15 is 0 Å². The Morgan fingerprint density at radius 2 is 2.10 bits per heavy atom. The summed E-state index contributed by atoms with van der Waals surface area (Å²) in [7, 11) is -3.38. The lowest BCUT2D eigenvalue weighted by atomic mass is 10.1. The van der Waals surface area contributed by atoms with Crippen molar-refractivity contribution < 1.29 is 18.3 Å². The monoisotopic (exact) mass is 312 g/mol. The van der Waals surface area contributed by atoms with E-state index in [1.165, 1.54) is 4.31 Å². The smallest absolute Gasteiger partial charge is 0.238 e. The van der Waals surface area contributed by atoms with Gasteiger partial charge in [-0.05, 0) is 18.4 Å². The second-order valence-corrected chi connectivity index (χ2v) is 7.14.